The Morgan fingerprint density at radius 3 is 1.84 bits per heavy atom. The smallest absolute Gasteiger partial charge is 0.160 e. The van der Waals surface area contributed by atoms with Gasteiger partial charge in [-0.25, -0.2) is 9.97 Å². The van der Waals surface area contributed by atoms with Gasteiger partial charge in [-0.1, -0.05) is 218 Å². The van der Waals surface area contributed by atoms with Crippen LogP contribution in [0.1, 0.15) is 45.8 Å². The van der Waals surface area contributed by atoms with Crippen LogP contribution in [0.15, 0.2) is 225 Å². The summed E-state index contributed by atoms with van der Waals surface area (Å²) in [6.45, 7) is 0. The lowest BCUT2D eigenvalue weighted by Gasteiger charge is -2.40. The molecule has 0 saturated carbocycles. The number of aromatic nitrogens is 2. The highest BCUT2D eigenvalue weighted by Crippen LogP contribution is 2.64. The van der Waals surface area contributed by atoms with Crippen molar-refractivity contribution in [1.82, 2.24) is 9.97 Å². The third-order valence-corrected chi connectivity index (χ3v) is 13.7. The Hall–Kier alpha value is -8.14. The third kappa shape index (κ3) is 5.47. The highest BCUT2D eigenvalue weighted by atomic mass is 16.5. The molecule has 64 heavy (non-hydrogen) atoms. The first-order valence-corrected chi connectivity index (χ1v) is 22.2. The monoisotopic (exact) mass is 816 g/mol. The number of hydrogen-bond acceptors (Lipinski definition) is 3. The van der Waals surface area contributed by atoms with Crippen LogP contribution in [0.2, 0.25) is 0 Å². The molecule has 1 atom stereocenters. The van der Waals surface area contributed by atoms with E-state index in [1.165, 1.54) is 66.4 Å². The van der Waals surface area contributed by atoms with Gasteiger partial charge in [-0.2, -0.15) is 0 Å². The fourth-order valence-corrected chi connectivity index (χ4v) is 10.8. The second kappa shape index (κ2) is 14.5. The van der Waals surface area contributed by atoms with E-state index in [1.54, 1.807) is 0 Å². The summed E-state index contributed by atoms with van der Waals surface area (Å²) < 4.78 is 7.18. The number of rotatable bonds is 4. The van der Waals surface area contributed by atoms with Crippen LogP contribution in [-0.4, -0.2) is 9.97 Å². The molecule has 2 heterocycles. The highest BCUT2D eigenvalue weighted by Gasteiger charge is 2.52. The molecule has 3 nitrogen and oxygen atoms in total. The molecule has 1 aliphatic heterocycles. The number of benzene rings is 9. The van der Waals surface area contributed by atoms with Crippen LogP contribution in [0.3, 0.4) is 0 Å². The van der Waals surface area contributed by atoms with Crippen molar-refractivity contribution in [2.24, 2.45) is 0 Å². The number of nitrogens with zero attached hydrogens (tertiary/aromatic N) is 2. The minimum Gasteiger partial charge on any atom is -0.455 e. The average molecular weight is 817 g/mol. The van der Waals surface area contributed by atoms with Crippen LogP contribution >= 0.6 is 0 Å². The predicted octanol–water partition coefficient (Wildman–Crippen LogP) is 15.4. The normalized spacial score (nSPS) is 17.3. The fourth-order valence-electron chi connectivity index (χ4n) is 10.8. The molecule has 13 rings (SSSR count). The SMILES string of the molecule is C1=C/C(c2cccc3c2-c2ccccc2C32c3ccc4ccccc4c3Oc3c2ccc2ccccc32)=C\C=C\C(c2nc(-c3ccc(-c4ccccc4)cc3)nc3ccccc23)C\1. The molecule has 2 aliphatic carbocycles. The van der Waals surface area contributed by atoms with E-state index in [2.05, 4.69) is 218 Å². The number of allylic oxidation sites excluding steroid dienone is 6. The Balaban J connectivity index is 0.944. The van der Waals surface area contributed by atoms with Gasteiger partial charge in [-0.05, 0) is 67.8 Å². The lowest BCUT2D eigenvalue weighted by molar-refractivity contribution is 0.447. The summed E-state index contributed by atoms with van der Waals surface area (Å²) in [6.07, 6.45) is 12.3. The van der Waals surface area contributed by atoms with Crippen LogP contribution in [0.25, 0.3) is 71.7 Å². The van der Waals surface area contributed by atoms with Crippen molar-refractivity contribution in [1.29, 1.82) is 0 Å². The number of fused-ring (bicyclic) bond motifs is 14. The Morgan fingerprint density at radius 1 is 0.469 bits per heavy atom. The van der Waals surface area contributed by atoms with Gasteiger partial charge >= 0.3 is 0 Å². The maximum Gasteiger partial charge on any atom is 0.160 e. The second-order valence-electron chi connectivity index (χ2n) is 17.1. The first-order valence-electron chi connectivity index (χ1n) is 22.2. The zero-order valence-corrected chi connectivity index (χ0v) is 34.9. The van der Waals surface area contributed by atoms with Crippen LogP contribution in [0.5, 0.6) is 11.5 Å². The summed E-state index contributed by atoms with van der Waals surface area (Å²) in [7, 11) is 0. The Kier molecular flexibility index (Phi) is 8.26. The van der Waals surface area contributed by atoms with Gasteiger partial charge in [-0.3, -0.25) is 0 Å². The summed E-state index contributed by atoms with van der Waals surface area (Å²) >= 11 is 0. The van der Waals surface area contributed by atoms with Crippen LogP contribution in [0.4, 0.5) is 0 Å². The predicted molar refractivity (Wildman–Crippen MR) is 263 cm³/mol. The molecular formula is C61H40N2O. The number of para-hydroxylation sites is 1. The average Bonchev–Trinajstić information content (AvgIpc) is 3.64. The number of hydrogen-bond donors (Lipinski definition) is 0. The van der Waals surface area contributed by atoms with Crippen molar-refractivity contribution in [3.63, 3.8) is 0 Å². The van der Waals surface area contributed by atoms with E-state index in [9.17, 15) is 0 Å². The highest BCUT2D eigenvalue weighted by molar-refractivity contribution is 6.02. The maximum absolute atomic E-state index is 7.18. The molecule has 0 fully saturated rings. The van der Waals surface area contributed by atoms with Gasteiger partial charge in [0, 0.05) is 38.8 Å². The molecule has 0 saturated heterocycles. The summed E-state index contributed by atoms with van der Waals surface area (Å²) in [5, 5.41) is 5.66. The fraction of sp³-hybridized carbons (Fsp3) is 0.0492. The van der Waals surface area contributed by atoms with E-state index >= 15 is 0 Å². The quantitative estimate of drug-likeness (QED) is 0.177. The van der Waals surface area contributed by atoms with Gasteiger partial charge < -0.3 is 4.74 Å². The van der Waals surface area contributed by atoms with Crippen molar-refractivity contribution in [3.05, 3.63) is 258 Å². The lowest BCUT2D eigenvalue weighted by atomic mass is 9.65. The largest absolute Gasteiger partial charge is 0.455 e. The molecule has 3 heteroatoms. The van der Waals surface area contributed by atoms with E-state index in [4.69, 9.17) is 14.7 Å². The molecule has 300 valence electrons. The Morgan fingerprint density at radius 2 is 1.08 bits per heavy atom. The van der Waals surface area contributed by atoms with Gasteiger partial charge in [0.05, 0.1) is 16.6 Å². The molecule has 0 radical (unpaired) electrons. The maximum atomic E-state index is 7.18. The summed E-state index contributed by atoms with van der Waals surface area (Å²) in [6, 6.07) is 69.8. The Bertz CT molecular complexity index is 3530. The van der Waals surface area contributed by atoms with E-state index in [-0.39, 0.29) is 5.92 Å². The zero-order valence-electron chi connectivity index (χ0n) is 34.9. The first-order chi connectivity index (χ1) is 31.7. The van der Waals surface area contributed by atoms with E-state index in [0.717, 1.165) is 56.7 Å². The van der Waals surface area contributed by atoms with E-state index in [1.807, 2.05) is 6.07 Å². The molecule has 1 aromatic heterocycles. The molecule has 3 aliphatic rings. The van der Waals surface area contributed by atoms with E-state index in [0.29, 0.717) is 0 Å². The van der Waals surface area contributed by atoms with Crippen molar-refractivity contribution in [3.8, 4) is 45.1 Å². The van der Waals surface area contributed by atoms with Gasteiger partial charge in [0.1, 0.15) is 11.5 Å². The molecule has 0 amide bonds. The van der Waals surface area contributed by atoms with Crippen molar-refractivity contribution in [2.75, 3.05) is 0 Å². The molecule has 10 aromatic rings. The van der Waals surface area contributed by atoms with Gasteiger partial charge in [0.2, 0.25) is 0 Å². The minimum atomic E-state index is -0.598. The van der Waals surface area contributed by atoms with Crippen LogP contribution in [0, 0.1) is 0 Å². The topological polar surface area (TPSA) is 35.0 Å². The van der Waals surface area contributed by atoms with Crippen LogP contribution < -0.4 is 4.74 Å². The van der Waals surface area contributed by atoms with Crippen molar-refractivity contribution >= 4 is 38.0 Å². The molecule has 0 N–H and O–H groups in total. The molecular weight excluding hydrogens is 777 g/mol. The summed E-state index contributed by atoms with van der Waals surface area (Å²) in [5.74, 6) is 2.67. The van der Waals surface area contributed by atoms with E-state index < -0.39 is 5.41 Å². The van der Waals surface area contributed by atoms with Crippen molar-refractivity contribution in [2.45, 2.75) is 17.8 Å². The summed E-state index contributed by atoms with van der Waals surface area (Å²) in [4.78, 5) is 10.4. The molecule has 1 spiro atoms. The Labute approximate surface area is 372 Å². The van der Waals surface area contributed by atoms with Gasteiger partial charge in [0.25, 0.3) is 0 Å². The second-order valence-corrected chi connectivity index (χ2v) is 17.1. The minimum absolute atomic E-state index is 0.0645. The summed E-state index contributed by atoms with van der Waals surface area (Å²) in [5.41, 5.74) is 14.6. The third-order valence-electron chi connectivity index (χ3n) is 13.7. The first kappa shape index (κ1) is 36.5. The zero-order chi connectivity index (χ0) is 42.2. The standard InChI is InChI=1S/C61H40N2O/c1-2-15-39(16-3-1)40-31-33-45(34-32-40)60-62-55-30-11-9-26-50(55)57(63-60)44-21-12-19-41(20-13-22-44)46-27-14-29-52-56(46)49-25-8-10-28-51(49)61(52)53-37-35-42-17-4-6-23-47(42)58(53)64-59-48-24-7-5-18-43(48)36-38-54(59)61/h1-21,23-38,44H,22H2/b20-13-,21-12+,41-19+. The molecule has 1 unspecified atom stereocenters. The molecule has 9 aromatic carbocycles. The van der Waals surface area contributed by atoms with Crippen molar-refractivity contribution < 1.29 is 4.74 Å². The van der Waals surface area contributed by atoms with Crippen LogP contribution in [-0.2, 0) is 5.41 Å². The lowest BCUT2D eigenvalue weighted by Crippen LogP contribution is -2.32. The van der Waals surface area contributed by atoms with Gasteiger partial charge in [0.15, 0.2) is 5.82 Å². The van der Waals surface area contributed by atoms with Gasteiger partial charge in [-0.15, -0.1) is 0 Å². The number of ether oxygens (including phenoxy) is 1. The molecule has 0 bridgehead atoms.